The fourth-order valence-corrected chi connectivity index (χ4v) is 2.44. The Morgan fingerprint density at radius 3 is 2.95 bits per heavy atom. The van der Waals surface area contributed by atoms with Gasteiger partial charge in [-0.1, -0.05) is 26.0 Å². The number of ether oxygens (including phenoxy) is 1. The van der Waals surface area contributed by atoms with E-state index in [1.165, 1.54) is 0 Å². The summed E-state index contributed by atoms with van der Waals surface area (Å²) in [6, 6.07) is 8.20. The number of nitrogens with one attached hydrogen (secondary N) is 1. The van der Waals surface area contributed by atoms with Crippen LogP contribution in [0.1, 0.15) is 25.8 Å². The zero-order chi connectivity index (χ0) is 13.8. The van der Waals surface area contributed by atoms with E-state index in [-0.39, 0.29) is 11.9 Å². The number of rotatable bonds is 5. The van der Waals surface area contributed by atoms with E-state index in [0.29, 0.717) is 12.6 Å². The molecular formula is C15H22N2O2. The lowest BCUT2D eigenvalue weighted by molar-refractivity contribution is -0.130. The molecule has 1 aromatic rings. The minimum absolute atomic E-state index is 0.0226. The van der Waals surface area contributed by atoms with E-state index in [0.717, 1.165) is 24.3 Å². The second kappa shape index (κ2) is 6.06. The molecule has 0 saturated carbocycles. The van der Waals surface area contributed by atoms with Crippen LogP contribution in [0.15, 0.2) is 24.3 Å². The Bertz CT molecular complexity index is 446. The first-order chi connectivity index (χ1) is 9.10. The van der Waals surface area contributed by atoms with Crippen LogP contribution in [0.25, 0.3) is 0 Å². The molecule has 4 heteroatoms. The number of amides is 1. The van der Waals surface area contributed by atoms with Crippen molar-refractivity contribution in [2.75, 3.05) is 13.7 Å². The first-order valence-corrected chi connectivity index (χ1v) is 6.78. The van der Waals surface area contributed by atoms with Gasteiger partial charge in [-0.2, -0.15) is 0 Å². The molecule has 1 N–H and O–H groups in total. The van der Waals surface area contributed by atoms with Gasteiger partial charge in [0.1, 0.15) is 5.75 Å². The average Bonchev–Trinajstić information content (AvgIpc) is 2.71. The van der Waals surface area contributed by atoms with E-state index < -0.39 is 0 Å². The van der Waals surface area contributed by atoms with E-state index >= 15 is 0 Å². The zero-order valence-electron chi connectivity index (χ0n) is 11.8. The van der Waals surface area contributed by atoms with Crippen LogP contribution in [0.2, 0.25) is 0 Å². The predicted molar refractivity (Wildman–Crippen MR) is 75.1 cm³/mol. The molecule has 2 rings (SSSR count). The Morgan fingerprint density at radius 1 is 1.47 bits per heavy atom. The second-order valence-electron chi connectivity index (χ2n) is 5.27. The van der Waals surface area contributed by atoms with Gasteiger partial charge in [0.05, 0.1) is 13.2 Å². The lowest BCUT2D eigenvalue weighted by Gasteiger charge is -2.18. The molecule has 0 aliphatic carbocycles. The lowest BCUT2D eigenvalue weighted by Crippen LogP contribution is -2.41. The van der Waals surface area contributed by atoms with Crippen molar-refractivity contribution in [3.63, 3.8) is 0 Å². The van der Waals surface area contributed by atoms with Gasteiger partial charge in [-0.15, -0.1) is 0 Å². The minimum atomic E-state index is -0.0226. The summed E-state index contributed by atoms with van der Waals surface area (Å²) in [4.78, 5) is 14.1. The highest BCUT2D eigenvalue weighted by Gasteiger charge is 2.31. The average molecular weight is 262 g/mol. The molecule has 1 heterocycles. The summed E-state index contributed by atoms with van der Waals surface area (Å²) in [5, 5.41) is 3.31. The zero-order valence-corrected chi connectivity index (χ0v) is 11.8. The molecule has 1 atom stereocenters. The van der Waals surface area contributed by atoms with Crippen molar-refractivity contribution in [3.05, 3.63) is 29.8 Å². The molecule has 1 saturated heterocycles. The van der Waals surface area contributed by atoms with E-state index in [1.807, 2.05) is 29.2 Å². The standard InChI is InChI=1S/C15H22N2O2/c1-11(2)16-14-7-8-17(15(14)18)10-12-5-4-6-13(9-12)19-3/h4-6,9,11,14,16H,7-8,10H2,1-3H3. The van der Waals surface area contributed by atoms with Crippen LogP contribution in [0.4, 0.5) is 0 Å². The molecule has 1 amide bonds. The van der Waals surface area contributed by atoms with Crippen LogP contribution in [0, 0.1) is 0 Å². The molecule has 1 aliphatic rings. The van der Waals surface area contributed by atoms with Gasteiger partial charge in [0, 0.05) is 19.1 Å². The Kier molecular flexibility index (Phi) is 4.43. The van der Waals surface area contributed by atoms with Gasteiger partial charge in [-0.05, 0) is 24.1 Å². The Hall–Kier alpha value is -1.55. The third-order valence-corrected chi connectivity index (χ3v) is 3.34. The van der Waals surface area contributed by atoms with Crippen molar-refractivity contribution in [2.45, 2.75) is 38.9 Å². The summed E-state index contributed by atoms with van der Waals surface area (Å²) in [6.45, 7) is 5.61. The highest BCUT2D eigenvalue weighted by Crippen LogP contribution is 2.18. The van der Waals surface area contributed by atoms with Crippen molar-refractivity contribution in [1.29, 1.82) is 0 Å². The third-order valence-electron chi connectivity index (χ3n) is 3.34. The van der Waals surface area contributed by atoms with E-state index in [4.69, 9.17) is 4.74 Å². The van der Waals surface area contributed by atoms with Gasteiger partial charge in [0.15, 0.2) is 0 Å². The normalized spacial score (nSPS) is 19.3. The summed E-state index contributed by atoms with van der Waals surface area (Å²) in [7, 11) is 1.66. The van der Waals surface area contributed by atoms with Gasteiger partial charge in [0.2, 0.25) is 5.91 Å². The maximum absolute atomic E-state index is 12.2. The molecule has 1 aliphatic heterocycles. The first-order valence-electron chi connectivity index (χ1n) is 6.78. The largest absolute Gasteiger partial charge is 0.497 e. The second-order valence-corrected chi connectivity index (χ2v) is 5.27. The van der Waals surface area contributed by atoms with Gasteiger partial charge < -0.3 is 15.0 Å². The molecule has 0 bridgehead atoms. The molecule has 1 unspecified atom stereocenters. The molecule has 104 valence electrons. The number of likely N-dealkylation sites (tertiary alicyclic amines) is 1. The predicted octanol–water partition coefficient (Wildman–Crippen LogP) is 1.79. The number of methoxy groups -OCH3 is 1. The smallest absolute Gasteiger partial charge is 0.240 e. The van der Waals surface area contributed by atoms with E-state index in [2.05, 4.69) is 19.2 Å². The molecule has 19 heavy (non-hydrogen) atoms. The Labute approximate surface area is 114 Å². The monoisotopic (exact) mass is 262 g/mol. The van der Waals surface area contributed by atoms with E-state index in [9.17, 15) is 4.79 Å². The molecule has 0 aromatic heterocycles. The fraction of sp³-hybridized carbons (Fsp3) is 0.533. The summed E-state index contributed by atoms with van der Waals surface area (Å²) >= 11 is 0. The Balaban J connectivity index is 1.98. The number of carbonyl (C=O) groups is 1. The maximum atomic E-state index is 12.2. The molecule has 0 radical (unpaired) electrons. The van der Waals surface area contributed by atoms with Gasteiger partial charge in [-0.3, -0.25) is 4.79 Å². The van der Waals surface area contributed by atoms with Crippen molar-refractivity contribution >= 4 is 5.91 Å². The SMILES string of the molecule is COc1cccc(CN2CCC(NC(C)C)C2=O)c1. The van der Waals surface area contributed by atoms with Crippen LogP contribution in [-0.4, -0.2) is 36.5 Å². The molecule has 0 spiro atoms. The van der Waals surface area contributed by atoms with Crippen molar-refractivity contribution in [2.24, 2.45) is 0 Å². The number of hydrogen-bond donors (Lipinski definition) is 1. The highest BCUT2D eigenvalue weighted by atomic mass is 16.5. The molecule has 4 nitrogen and oxygen atoms in total. The number of benzene rings is 1. The third kappa shape index (κ3) is 3.47. The van der Waals surface area contributed by atoms with Crippen molar-refractivity contribution in [1.82, 2.24) is 10.2 Å². The van der Waals surface area contributed by atoms with Crippen LogP contribution in [-0.2, 0) is 11.3 Å². The van der Waals surface area contributed by atoms with Crippen molar-refractivity contribution < 1.29 is 9.53 Å². The Morgan fingerprint density at radius 2 is 2.26 bits per heavy atom. The van der Waals surface area contributed by atoms with E-state index in [1.54, 1.807) is 7.11 Å². The fourth-order valence-electron chi connectivity index (χ4n) is 2.44. The quantitative estimate of drug-likeness (QED) is 0.879. The van der Waals surface area contributed by atoms with Crippen LogP contribution >= 0.6 is 0 Å². The van der Waals surface area contributed by atoms with Crippen LogP contribution in [0.5, 0.6) is 5.75 Å². The molecule has 1 fully saturated rings. The van der Waals surface area contributed by atoms with Gasteiger partial charge in [-0.25, -0.2) is 0 Å². The van der Waals surface area contributed by atoms with Crippen LogP contribution in [0.3, 0.4) is 0 Å². The van der Waals surface area contributed by atoms with Crippen LogP contribution < -0.4 is 10.1 Å². The van der Waals surface area contributed by atoms with Crippen molar-refractivity contribution in [3.8, 4) is 5.75 Å². The highest BCUT2D eigenvalue weighted by molar-refractivity contribution is 5.84. The number of nitrogens with zero attached hydrogens (tertiary/aromatic N) is 1. The van der Waals surface area contributed by atoms with Gasteiger partial charge >= 0.3 is 0 Å². The summed E-state index contributed by atoms with van der Waals surface area (Å²) in [5.41, 5.74) is 1.11. The summed E-state index contributed by atoms with van der Waals surface area (Å²) in [5.74, 6) is 1.04. The van der Waals surface area contributed by atoms with Gasteiger partial charge in [0.25, 0.3) is 0 Å². The molecule has 1 aromatic carbocycles. The number of carbonyl (C=O) groups excluding carboxylic acids is 1. The number of hydrogen-bond acceptors (Lipinski definition) is 3. The topological polar surface area (TPSA) is 41.6 Å². The first kappa shape index (κ1) is 13.9. The lowest BCUT2D eigenvalue weighted by atomic mass is 10.2. The maximum Gasteiger partial charge on any atom is 0.240 e. The molecular weight excluding hydrogens is 240 g/mol. The summed E-state index contributed by atoms with van der Waals surface area (Å²) < 4.78 is 5.20. The minimum Gasteiger partial charge on any atom is -0.497 e. The summed E-state index contributed by atoms with van der Waals surface area (Å²) in [6.07, 6.45) is 0.890.